The molecule has 180 valence electrons. The van der Waals surface area contributed by atoms with Gasteiger partial charge in [-0.15, -0.1) is 10.2 Å². The summed E-state index contributed by atoms with van der Waals surface area (Å²) >= 11 is 1.30. The van der Waals surface area contributed by atoms with E-state index in [1.807, 2.05) is 33.5 Å². The fourth-order valence-electron chi connectivity index (χ4n) is 4.49. The molecule has 1 aliphatic carbocycles. The summed E-state index contributed by atoms with van der Waals surface area (Å²) in [7, 11) is 0. The molecule has 0 atom stereocenters. The summed E-state index contributed by atoms with van der Waals surface area (Å²) in [5.41, 5.74) is 1.55. The predicted molar refractivity (Wildman–Crippen MR) is 135 cm³/mol. The van der Waals surface area contributed by atoms with Gasteiger partial charge in [0.25, 0.3) is 0 Å². The first-order valence-electron chi connectivity index (χ1n) is 11.9. The summed E-state index contributed by atoms with van der Waals surface area (Å²) in [6.07, 6.45) is 7.02. The van der Waals surface area contributed by atoms with Crippen LogP contribution in [0, 0.1) is 5.82 Å². The van der Waals surface area contributed by atoms with Gasteiger partial charge in [0.15, 0.2) is 11.0 Å². The van der Waals surface area contributed by atoms with Gasteiger partial charge in [0, 0.05) is 12.6 Å². The second-order valence-corrected chi connectivity index (χ2v) is 9.55. The summed E-state index contributed by atoms with van der Waals surface area (Å²) < 4.78 is 18.4. The van der Waals surface area contributed by atoms with Crippen molar-refractivity contribution in [2.45, 2.75) is 49.8 Å². The maximum atomic E-state index is 14.6. The van der Waals surface area contributed by atoms with Gasteiger partial charge in [-0.2, -0.15) is 5.10 Å². The number of rotatable bonds is 9. The van der Waals surface area contributed by atoms with Crippen LogP contribution in [0.15, 0.2) is 72.0 Å². The SMILES string of the molecule is O=C(CSc1nnc(-c2ccccc2F)n1CCc1ccccc1)Nc1ccnn1C1CCCC1. The summed E-state index contributed by atoms with van der Waals surface area (Å²) in [4.78, 5) is 12.8. The van der Waals surface area contributed by atoms with Crippen LogP contribution in [0.5, 0.6) is 0 Å². The molecule has 1 N–H and O–H groups in total. The number of benzene rings is 2. The summed E-state index contributed by atoms with van der Waals surface area (Å²) in [5.74, 6) is 0.854. The number of aromatic nitrogens is 5. The Bertz CT molecular complexity index is 1280. The topological polar surface area (TPSA) is 77.6 Å². The van der Waals surface area contributed by atoms with E-state index < -0.39 is 0 Å². The number of nitrogens with zero attached hydrogens (tertiary/aromatic N) is 5. The van der Waals surface area contributed by atoms with E-state index in [-0.39, 0.29) is 17.5 Å². The van der Waals surface area contributed by atoms with E-state index in [1.165, 1.54) is 30.7 Å². The molecule has 0 bridgehead atoms. The number of amides is 1. The lowest BCUT2D eigenvalue weighted by Gasteiger charge is -2.14. The van der Waals surface area contributed by atoms with Crippen molar-refractivity contribution in [2.24, 2.45) is 0 Å². The molecule has 4 aromatic rings. The Morgan fingerprint density at radius 1 is 1.03 bits per heavy atom. The molecule has 1 amide bonds. The molecule has 0 saturated heterocycles. The van der Waals surface area contributed by atoms with Gasteiger partial charge in [0.2, 0.25) is 5.91 Å². The van der Waals surface area contributed by atoms with Crippen molar-refractivity contribution in [3.05, 3.63) is 78.2 Å². The van der Waals surface area contributed by atoms with Gasteiger partial charge >= 0.3 is 0 Å². The smallest absolute Gasteiger partial charge is 0.235 e. The number of aryl methyl sites for hydroxylation is 1. The third-order valence-corrected chi connectivity index (χ3v) is 7.21. The van der Waals surface area contributed by atoms with Crippen LogP contribution in [0.4, 0.5) is 10.2 Å². The zero-order valence-electron chi connectivity index (χ0n) is 19.3. The van der Waals surface area contributed by atoms with Crippen LogP contribution in [-0.4, -0.2) is 36.2 Å². The molecule has 0 spiro atoms. The van der Waals surface area contributed by atoms with Gasteiger partial charge in [0.05, 0.1) is 23.6 Å². The van der Waals surface area contributed by atoms with E-state index in [4.69, 9.17) is 0 Å². The molecule has 1 saturated carbocycles. The van der Waals surface area contributed by atoms with Gasteiger partial charge in [-0.1, -0.05) is 67.1 Å². The van der Waals surface area contributed by atoms with E-state index in [0.29, 0.717) is 29.1 Å². The van der Waals surface area contributed by atoms with E-state index in [9.17, 15) is 9.18 Å². The van der Waals surface area contributed by atoms with Gasteiger partial charge in [0.1, 0.15) is 11.6 Å². The fourth-order valence-corrected chi connectivity index (χ4v) is 5.25. The maximum absolute atomic E-state index is 14.6. The van der Waals surface area contributed by atoms with E-state index in [0.717, 1.165) is 30.6 Å². The Hall–Kier alpha value is -3.46. The largest absolute Gasteiger partial charge is 0.310 e. The first-order valence-corrected chi connectivity index (χ1v) is 12.9. The van der Waals surface area contributed by atoms with Gasteiger partial charge in [-0.3, -0.25) is 4.79 Å². The van der Waals surface area contributed by atoms with E-state index in [2.05, 4.69) is 32.7 Å². The van der Waals surface area contributed by atoms with Crippen LogP contribution in [0.3, 0.4) is 0 Å². The quantitative estimate of drug-likeness (QED) is 0.319. The van der Waals surface area contributed by atoms with E-state index >= 15 is 0 Å². The minimum absolute atomic E-state index is 0.139. The normalized spacial score (nSPS) is 13.9. The molecule has 9 heteroatoms. The van der Waals surface area contributed by atoms with Crippen molar-refractivity contribution in [1.82, 2.24) is 24.5 Å². The van der Waals surface area contributed by atoms with Gasteiger partial charge in [-0.05, 0) is 37.0 Å². The van der Waals surface area contributed by atoms with Gasteiger partial charge in [-0.25, -0.2) is 9.07 Å². The molecule has 35 heavy (non-hydrogen) atoms. The molecule has 0 radical (unpaired) electrons. The predicted octanol–water partition coefficient (Wildman–Crippen LogP) is 5.37. The second kappa shape index (κ2) is 10.9. The average Bonchev–Trinajstić information content (AvgIpc) is 3.63. The number of carbonyl (C=O) groups is 1. The first kappa shape index (κ1) is 23.3. The molecule has 1 aliphatic rings. The summed E-state index contributed by atoms with van der Waals surface area (Å²) in [6, 6.07) is 18.8. The monoisotopic (exact) mass is 490 g/mol. The second-order valence-electron chi connectivity index (χ2n) is 8.61. The lowest BCUT2D eigenvalue weighted by atomic mass is 10.1. The lowest BCUT2D eigenvalue weighted by Crippen LogP contribution is -2.19. The standard InChI is InChI=1S/C26H27FN6OS/c27-22-13-7-6-12-21(22)25-30-31-26(32(25)17-15-19-8-2-1-3-9-19)35-18-24(34)29-23-14-16-28-33(23)20-10-4-5-11-20/h1-3,6-9,12-14,16,20H,4-5,10-11,15,17-18H2,(H,29,34). The van der Waals surface area contributed by atoms with Crippen molar-refractivity contribution in [1.29, 1.82) is 0 Å². The molecule has 7 nitrogen and oxygen atoms in total. The number of nitrogens with one attached hydrogen (secondary N) is 1. The highest BCUT2D eigenvalue weighted by molar-refractivity contribution is 7.99. The van der Waals surface area contributed by atoms with Crippen molar-refractivity contribution < 1.29 is 9.18 Å². The molecule has 0 aliphatic heterocycles. The molecule has 2 aromatic carbocycles. The lowest BCUT2D eigenvalue weighted by molar-refractivity contribution is -0.113. The van der Waals surface area contributed by atoms with Crippen LogP contribution in [0.25, 0.3) is 11.4 Å². The zero-order valence-corrected chi connectivity index (χ0v) is 20.1. The summed E-state index contributed by atoms with van der Waals surface area (Å²) in [5, 5.41) is 16.6. The molecule has 5 rings (SSSR count). The van der Waals surface area contributed by atoms with Crippen molar-refractivity contribution in [3.63, 3.8) is 0 Å². The average molecular weight is 491 g/mol. The third kappa shape index (κ3) is 5.45. The molecule has 1 fully saturated rings. The molecule has 2 heterocycles. The number of thioether (sulfide) groups is 1. The maximum Gasteiger partial charge on any atom is 0.235 e. The van der Waals surface area contributed by atoms with Crippen molar-refractivity contribution in [3.8, 4) is 11.4 Å². The number of hydrogen-bond donors (Lipinski definition) is 1. The summed E-state index contributed by atoms with van der Waals surface area (Å²) in [6.45, 7) is 0.569. The van der Waals surface area contributed by atoms with Crippen molar-refractivity contribution in [2.75, 3.05) is 11.1 Å². The number of hydrogen-bond acceptors (Lipinski definition) is 5. The minimum Gasteiger partial charge on any atom is -0.310 e. The Kier molecular flexibility index (Phi) is 7.23. The van der Waals surface area contributed by atoms with Crippen LogP contribution >= 0.6 is 11.8 Å². The van der Waals surface area contributed by atoms with Crippen molar-refractivity contribution >= 4 is 23.5 Å². The number of carbonyl (C=O) groups excluding carboxylic acids is 1. The fraction of sp³-hybridized carbons (Fsp3) is 0.308. The first-order chi connectivity index (χ1) is 17.2. The number of halogens is 1. The van der Waals surface area contributed by atoms with Crippen LogP contribution in [0.1, 0.15) is 37.3 Å². The molecular weight excluding hydrogens is 463 g/mol. The zero-order chi connectivity index (χ0) is 24.0. The molecule has 0 unspecified atom stereocenters. The molecule has 2 aromatic heterocycles. The van der Waals surface area contributed by atoms with Crippen LogP contribution < -0.4 is 5.32 Å². The Labute approximate surface area is 207 Å². The highest BCUT2D eigenvalue weighted by Crippen LogP contribution is 2.31. The highest BCUT2D eigenvalue weighted by atomic mass is 32.2. The third-order valence-electron chi connectivity index (χ3n) is 6.24. The van der Waals surface area contributed by atoms with Gasteiger partial charge < -0.3 is 9.88 Å². The Morgan fingerprint density at radius 2 is 1.80 bits per heavy atom. The molecular formula is C26H27FN6OS. The van der Waals surface area contributed by atoms with Crippen LogP contribution in [-0.2, 0) is 17.8 Å². The van der Waals surface area contributed by atoms with Crippen LogP contribution in [0.2, 0.25) is 0 Å². The Balaban J connectivity index is 1.31. The minimum atomic E-state index is -0.352. The van der Waals surface area contributed by atoms with E-state index in [1.54, 1.807) is 24.4 Å². The number of anilines is 1. The highest BCUT2D eigenvalue weighted by Gasteiger charge is 2.21. The Morgan fingerprint density at radius 3 is 2.60 bits per heavy atom.